The maximum atomic E-state index is 11.2. The van der Waals surface area contributed by atoms with Gasteiger partial charge >= 0.3 is 0 Å². The van der Waals surface area contributed by atoms with Gasteiger partial charge in [0.05, 0.1) is 12.6 Å². The molecule has 2 rings (SSSR count). The van der Waals surface area contributed by atoms with Crippen LogP contribution in [0, 0.1) is 0 Å². The fourth-order valence-electron chi connectivity index (χ4n) is 1.30. The first kappa shape index (κ1) is 8.25. The summed E-state index contributed by atoms with van der Waals surface area (Å²) in [6.45, 7) is 1.40. The molecule has 1 aliphatic rings. The van der Waals surface area contributed by atoms with E-state index in [1.807, 2.05) is 0 Å². The lowest BCUT2D eigenvalue weighted by Gasteiger charge is -2.08. The second-order valence-electron chi connectivity index (χ2n) is 2.97. The van der Waals surface area contributed by atoms with Crippen LogP contribution < -0.4 is 10.9 Å². The van der Waals surface area contributed by atoms with Crippen molar-refractivity contribution in [3.8, 4) is 0 Å². The molecule has 0 radical (unpaired) electrons. The summed E-state index contributed by atoms with van der Waals surface area (Å²) in [6.07, 6.45) is 3.99. The topological polar surface area (TPSA) is 67.0 Å². The summed E-state index contributed by atoms with van der Waals surface area (Å²) >= 11 is 0. The number of ether oxygens (including phenoxy) is 1. The van der Waals surface area contributed by atoms with Gasteiger partial charge in [0.2, 0.25) is 0 Å². The molecular weight excluding hydrogens is 170 g/mol. The minimum atomic E-state index is -0.186. The molecule has 1 aromatic heterocycles. The Kier molecular flexibility index (Phi) is 2.27. The maximum absolute atomic E-state index is 11.2. The molecule has 1 saturated heterocycles. The van der Waals surface area contributed by atoms with Gasteiger partial charge in [0.15, 0.2) is 5.82 Å². The van der Waals surface area contributed by atoms with Gasteiger partial charge in [-0.05, 0) is 6.42 Å². The van der Waals surface area contributed by atoms with Crippen LogP contribution in [0.2, 0.25) is 0 Å². The molecule has 0 amide bonds. The number of aromatic nitrogens is 2. The summed E-state index contributed by atoms with van der Waals surface area (Å²) in [5.41, 5.74) is -0.186. The summed E-state index contributed by atoms with van der Waals surface area (Å²) < 4.78 is 5.17. The lowest BCUT2D eigenvalue weighted by atomic mass is 10.3. The summed E-state index contributed by atoms with van der Waals surface area (Å²) in [5, 5.41) is 3.03. The highest BCUT2D eigenvalue weighted by Crippen LogP contribution is 2.07. The first-order chi connectivity index (χ1) is 6.36. The van der Waals surface area contributed by atoms with E-state index in [9.17, 15) is 4.79 Å². The highest BCUT2D eigenvalue weighted by molar-refractivity contribution is 5.31. The molecule has 0 saturated carbocycles. The Morgan fingerprint density at radius 3 is 3.31 bits per heavy atom. The van der Waals surface area contributed by atoms with E-state index in [2.05, 4.69) is 15.3 Å². The molecule has 2 heterocycles. The zero-order valence-electron chi connectivity index (χ0n) is 7.12. The zero-order valence-corrected chi connectivity index (χ0v) is 7.12. The van der Waals surface area contributed by atoms with Crippen molar-refractivity contribution in [2.75, 3.05) is 18.5 Å². The van der Waals surface area contributed by atoms with Crippen LogP contribution in [-0.2, 0) is 4.74 Å². The van der Waals surface area contributed by atoms with Gasteiger partial charge in [-0.2, -0.15) is 0 Å². The Morgan fingerprint density at radius 2 is 2.62 bits per heavy atom. The molecule has 1 aliphatic heterocycles. The summed E-state index contributed by atoms with van der Waals surface area (Å²) in [7, 11) is 0. The lowest BCUT2D eigenvalue weighted by Crippen LogP contribution is -2.25. The van der Waals surface area contributed by atoms with Gasteiger partial charge in [-0.15, -0.1) is 0 Å². The monoisotopic (exact) mass is 181 g/mol. The van der Waals surface area contributed by atoms with Gasteiger partial charge in [-0.25, -0.2) is 4.98 Å². The van der Waals surface area contributed by atoms with Crippen molar-refractivity contribution < 1.29 is 4.74 Å². The van der Waals surface area contributed by atoms with Crippen LogP contribution in [0.1, 0.15) is 6.42 Å². The van der Waals surface area contributed by atoms with E-state index in [-0.39, 0.29) is 11.6 Å². The minimum absolute atomic E-state index is 0.186. The fourth-order valence-corrected chi connectivity index (χ4v) is 1.30. The van der Waals surface area contributed by atoms with Crippen LogP contribution in [-0.4, -0.2) is 29.2 Å². The minimum Gasteiger partial charge on any atom is -0.379 e. The molecule has 1 fully saturated rings. The van der Waals surface area contributed by atoms with Crippen molar-refractivity contribution in [1.29, 1.82) is 0 Å². The Hall–Kier alpha value is -1.36. The van der Waals surface area contributed by atoms with Crippen LogP contribution in [0.3, 0.4) is 0 Å². The average molecular weight is 181 g/mol. The zero-order chi connectivity index (χ0) is 9.10. The molecule has 1 unspecified atom stereocenters. The summed E-state index contributed by atoms with van der Waals surface area (Å²) in [4.78, 5) is 17.7. The number of hydrogen-bond acceptors (Lipinski definition) is 4. The van der Waals surface area contributed by atoms with E-state index in [1.54, 1.807) is 6.20 Å². The van der Waals surface area contributed by atoms with Gasteiger partial charge in [0.25, 0.3) is 5.56 Å². The normalized spacial score (nSPS) is 21.7. The molecule has 0 spiro atoms. The largest absolute Gasteiger partial charge is 0.379 e. The van der Waals surface area contributed by atoms with Gasteiger partial charge in [-0.3, -0.25) is 4.79 Å². The summed E-state index contributed by atoms with van der Waals surface area (Å²) in [5.74, 6) is 0.373. The van der Waals surface area contributed by atoms with Crippen LogP contribution in [0.15, 0.2) is 17.2 Å². The van der Waals surface area contributed by atoms with Crippen molar-refractivity contribution in [2.45, 2.75) is 12.5 Å². The maximum Gasteiger partial charge on any atom is 0.290 e. The van der Waals surface area contributed by atoms with Crippen molar-refractivity contribution in [3.05, 3.63) is 22.7 Å². The van der Waals surface area contributed by atoms with E-state index >= 15 is 0 Å². The van der Waals surface area contributed by atoms with Gasteiger partial charge < -0.3 is 15.0 Å². The van der Waals surface area contributed by atoms with E-state index in [1.165, 1.54) is 6.20 Å². The fraction of sp³-hybridized carbons (Fsp3) is 0.500. The quantitative estimate of drug-likeness (QED) is 0.672. The highest BCUT2D eigenvalue weighted by Gasteiger charge is 2.16. The first-order valence-corrected chi connectivity index (χ1v) is 4.24. The molecule has 2 N–H and O–H groups in total. The van der Waals surface area contributed by atoms with Crippen molar-refractivity contribution in [1.82, 2.24) is 9.97 Å². The Labute approximate surface area is 75.1 Å². The van der Waals surface area contributed by atoms with E-state index < -0.39 is 0 Å². The number of nitrogens with one attached hydrogen (secondary N) is 2. The molecule has 13 heavy (non-hydrogen) atoms. The number of anilines is 1. The van der Waals surface area contributed by atoms with Gasteiger partial charge in [0, 0.05) is 19.0 Å². The number of rotatable bonds is 2. The molecule has 0 aliphatic carbocycles. The van der Waals surface area contributed by atoms with Crippen LogP contribution in [0.4, 0.5) is 5.82 Å². The van der Waals surface area contributed by atoms with Gasteiger partial charge in [-0.1, -0.05) is 0 Å². The molecule has 5 heteroatoms. The second kappa shape index (κ2) is 3.57. The standard InChI is InChI=1S/C8H11N3O2/c12-8-7(9-2-3-10-8)11-6-1-4-13-5-6/h2-3,6H,1,4-5H2,(H,9,11)(H,10,12). The van der Waals surface area contributed by atoms with E-state index in [0.29, 0.717) is 12.4 Å². The van der Waals surface area contributed by atoms with E-state index in [4.69, 9.17) is 4.74 Å². The molecule has 0 bridgehead atoms. The van der Waals surface area contributed by atoms with Crippen molar-refractivity contribution >= 4 is 5.82 Å². The molecule has 1 atom stereocenters. The molecule has 0 aromatic carbocycles. The molecule has 5 nitrogen and oxygen atoms in total. The number of nitrogens with zero attached hydrogens (tertiary/aromatic N) is 1. The van der Waals surface area contributed by atoms with Crippen LogP contribution in [0.25, 0.3) is 0 Å². The Bertz CT molecular complexity index is 330. The second-order valence-corrected chi connectivity index (χ2v) is 2.97. The number of H-pyrrole nitrogens is 1. The van der Waals surface area contributed by atoms with Gasteiger partial charge in [0.1, 0.15) is 0 Å². The predicted molar refractivity (Wildman–Crippen MR) is 47.7 cm³/mol. The average Bonchev–Trinajstić information content (AvgIpc) is 2.61. The smallest absolute Gasteiger partial charge is 0.290 e. The summed E-state index contributed by atoms with van der Waals surface area (Å²) in [6, 6.07) is 0.219. The number of hydrogen-bond donors (Lipinski definition) is 2. The first-order valence-electron chi connectivity index (χ1n) is 4.24. The third kappa shape index (κ3) is 1.86. The Morgan fingerprint density at radius 1 is 1.69 bits per heavy atom. The molecular formula is C8H11N3O2. The third-order valence-corrected chi connectivity index (χ3v) is 1.98. The molecule has 1 aromatic rings. The SMILES string of the molecule is O=c1[nH]ccnc1NC1CCOC1. The van der Waals surface area contributed by atoms with Crippen LogP contribution >= 0.6 is 0 Å². The third-order valence-electron chi connectivity index (χ3n) is 1.98. The lowest BCUT2D eigenvalue weighted by molar-refractivity contribution is 0.195. The van der Waals surface area contributed by atoms with Crippen molar-refractivity contribution in [3.63, 3.8) is 0 Å². The van der Waals surface area contributed by atoms with E-state index in [0.717, 1.165) is 13.0 Å². The predicted octanol–water partition coefficient (Wildman–Crippen LogP) is -0.0293. The molecule has 70 valence electrons. The number of aromatic amines is 1. The van der Waals surface area contributed by atoms with Crippen molar-refractivity contribution in [2.24, 2.45) is 0 Å². The Balaban J connectivity index is 2.08. The highest BCUT2D eigenvalue weighted by atomic mass is 16.5. The van der Waals surface area contributed by atoms with Crippen LogP contribution in [0.5, 0.6) is 0 Å².